The predicted octanol–water partition coefficient (Wildman–Crippen LogP) is 2.27. The molecule has 3 rings (SSSR count). The zero-order valence-corrected chi connectivity index (χ0v) is 12.5. The van der Waals surface area contributed by atoms with Crippen molar-refractivity contribution in [1.82, 2.24) is 25.1 Å². The van der Waals surface area contributed by atoms with E-state index in [4.69, 9.17) is 0 Å². The third-order valence-electron chi connectivity index (χ3n) is 3.63. The minimum atomic E-state index is -0.0324. The van der Waals surface area contributed by atoms with Gasteiger partial charge in [-0.2, -0.15) is 5.10 Å². The SMILES string of the molecule is Cc1n[nH]c(-c2nc3cc(C(=O)N(C)C)ccc3[nH]2)c1C. The Kier molecular flexibility index (Phi) is 3.01. The summed E-state index contributed by atoms with van der Waals surface area (Å²) in [6.07, 6.45) is 0. The van der Waals surface area contributed by atoms with Gasteiger partial charge in [-0.05, 0) is 32.0 Å². The number of hydrogen-bond acceptors (Lipinski definition) is 3. The summed E-state index contributed by atoms with van der Waals surface area (Å²) in [6, 6.07) is 5.48. The number of carbonyl (C=O) groups excluding carboxylic acids is 1. The molecule has 0 atom stereocenters. The molecule has 0 saturated heterocycles. The van der Waals surface area contributed by atoms with Crippen molar-refractivity contribution in [2.45, 2.75) is 13.8 Å². The Labute approximate surface area is 122 Å². The van der Waals surface area contributed by atoms with Gasteiger partial charge in [-0.15, -0.1) is 0 Å². The van der Waals surface area contributed by atoms with Crippen LogP contribution in [0.1, 0.15) is 21.6 Å². The Bertz CT molecular complexity index is 828. The lowest BCUT2D eigenvalue weighted by Crippen LogP contribution is -2.21. The summed E-state index contributed by atoms with van der Waals surface area (Å²) in [4.78, 5) is 21.4. The molecule has 0 aliphatic rings. The van der Waals surface area contributed by atoms with Gasteiger partial charge in [0.25, 0.3) is 5.91 Å². The summed E-state index contributed by atoms with van der Waals surface area (Å²) in [7, 11) is 3.47. The molecular formula is C15H17N5O. The molecule has 1 aromatic carbocycles. The van der Waals surface area contributed by atoms with E-state index in [1.807, 2.05) is 19.9 Å². The highest BCUT2D eigenvalue weighted by atomic mass is 16.2. The summed E-state index contributed by atoms with van der Waals surface area (Å²) in [5, 5.41) is 7.17. The van der Waals surface area contributed by atoms with Crippen LogP contribution in [0.5, 0.6) is 0 Å². The van der Waals surface area contributed by atoms with Gasteiger partial charge >= 0.3 is 0 Å². The van der Waals surface area contributed by atoms with Gasteiger partial charge in [0.1, 0.15) is 5.69 Å². The molecule has 2 N–H and O–H groups in total. The largest absolute Gasteiger partial charge is 0.345 e. The first-order chi connectivity index (χ1) is 9.97. The van der Waals surface area contributed by atoms with Crippen molar-refractivity contribution in [1.29, 1.82) is 0 Å². The fourth-order valence-electron chi connectivity index (χ4n) is 2.23. The van der Waals surface area contributed by atoms with Crippen molar-refractivity contribution in [2.24, 2.45) is 0 Å². The number of fused-ring (bicyclic) bond motifs is 1. The fourth-order valence-corrected chi connectivity index (χ4v) is 2.23. The van der Waals surface area contributed by atoms with Gasteiger partial charge in [-0.25, -0.2) is 4.98 Å². The van der Waals surface area contributed by atoms with Crippen LogP contribution in [-0.4, -0.2) is 45.1 Å². The number of nitrogens with one attached hydrogen (secondary N) is 2. The normalized spacial score (nSPS) is 11.0. The molecule has 3 aromatic rings. The van der Waals surface area contributed by atoms with E-state index in [2.05, 4.69) is 20.2 Å². The predicted molar refractivity (Wildman–Crippen MR) is 81.2 cm³/mol. The summed E-state index contributed by atoms with van der Waals surface area (Å²) >= 11 is 0. The summed E-state index contributed by atoms with van der Waals surface area (Å²) < 4.78 is 0. The highest BCUT2D eigenvalue weighted by Crippen LogP contribution is 2.23. The number of hydrogen-bond donors (Lipinski definition) is 2. The molecule has 2 aromatic heterocycles. The van der Waals surface area contributed by atoms with E-state index in [1.54, 1.807) is 31.1 Å². The first-order valence-corrected chi connectivity index (χ1v) is 6.70. The number of benzene rings is 1. The molecule has 0 spiro atoms. The number of rotatable bonds is 2. The smallest absolute Gasteiger partial charge is 0.253 e. The van der Waals surface area contributed by atoms with Crippen LogP contribution in [0.4, 0.5) is 0 Å². The van der Waals surface area contributed by atoms with Crippen molar-refractivity contribution in [3.8, 4) is 11.5 Å². The zero-order chi connectivity index (χ0) is 15.1. The molecular weight excluding hydrogens is 266 g/mol. The molecule has 0 saturated carbocycles. The first kappa shape index (κ1) is 13.4. The molecule has 0 radical (unpaired) electrons. The summed E-state index contributed by atoms with van der Waals surface area (Å²) in [5.41, 5.74) is 5.19. The molecule has 6 nitrogen and oxygen atoms in total. The lowest BCUT2D eigenvalue weighted by Gasteiger charge is -2.09. The highest BCUT2D eigenvalue weighted by Gasteiger charge is 2.14. The van der Waals surface area contributed by atoms with E-state index in [9.17, 15) is 4.79 Å². The van der Waals surface area contributed by atoms with E-state index in [1.165, 1.54) is 0 Å². The van der Waals surface area contributed by atoms with Crippen LogP contribution >= 0.6 is 0 Å². The number of nitrogens with zero attached hydrogens (tertiary/aromatic N) is 3. The monoisotopic (exact) mass is 283 g/mol. The molecule has 1 amide bonds. The average Bonchev–Trinajstić information content (AvgIpc) is 3.01. The Morgan fingerprint density at radius 3 is 2.62 bits per heavy atom. The van der Waals surface area contributed by atoms with Gasteiger partial charge < -0.3 is 9.88 Å². The van der Waals surface area contributed by atoms with Crippen molar-refractivity contribution in [3.63, 3.8) is 0 Å². The van der Waals surface area contributed by atoms with Crippen LogP contribution in [0.2, 0.25) is 0 Å². The maximum absolute atomic E-state index is 12.0. The van der Waals surface area contributed by atoms with Gasteiger partial charge in [0, 0.05) is 25.2 Å². The maximum Gasteiger partial charge on any atom is 0.253 e. The summed E-state index contributed by atoms with van der Waals surface area (Å²) in [5.74, 6) is 0.701. The van der Waals surface area contributed by atoms with Crippen molar-refractivity contribution in [2.75, 3.05) is 14.1 Å². The van der Waals surface area contributed by atoms with Crippen LogP contribution in [0.15, 0.2) is 18.2 Å². The lowest BCUT2D eigenvalue weighted by molar-refractivity contribution is 0.0828. The van der Waals surface area contributed by atoms with E-state index in [0.29, 0.717) is 5.56 Å². The molecule has 21 heavy (non-hydrogen) atoms. The third-order valence-corrected chi connectivity index (χ3v) is 3.63. The van der Waals surface area contributed by atoms with Crippen LogP contribution in [0.3, 0.4) is 0 Å². The van der Waals surface area contributed by atoms with Gasteiger partial charge in [0.15, 0.2) is 5.82 Å². The third kappa shape index (κ3) is 2.18. The number of aryl methyl sites for hydroxylation is 1. The number of aromatic amines is 2. The number of amides is 1. The molecule has 0 bridgehead atoms. The van der Waals surface area contributed by atoms with Crippen molar-refractivity contribution < 1.29 is 4.79 Å². The Morgan fingerprint density at radius 1 is 1.24 bits per heavy atom. The van der Waals surface area contributed by atoms with Crippen LogP contribution in [0, 0.1) is 13.8 Å². The highest BCUT2D eigenvalue weighted by molar-refractivity contribution is 5.97. The van der Waals surface area contributed by atoms with Crippen LogP contribution < -0.4 is 0 Å². The number of aromatic nitrogens is 4. The number of H-pyrrole nitrogens is 2. The second-order valence-electron chi connectivity index (χ2n) is 5.33. The maximum atomic E-state index is 12.0. The molecule has 0 aliphatic heterocycles. The Hall–Kier alpha value is -2.63. The van der Waals surface area contributed by atoms with E-state index >= 15 is 0 Å². The lowest BCUT2D eigenvalue weighted by atomic mass is 10.2. The van der Waals surface area contributed by atoms with Gasteiger partial charge in [0.2, 0.25) is 0 Å². The molecule has 0 fully saturated rings. The van der Waals surface area contributed by atoms with E-state index in [-0.39, 0.29) is 5.91 Å². The molecule has 2 heterocycles. The van der Waals surface area contributed by atoms with E-state index in [0.717, 1.165) is 33.8 Å². The Balaban J connectivity index is 2.08. The fraction of sp³-hybridized carbons (Fsp3) is 0.267. The molecule has 108 valence electrons. The van der Waals surface area contributed by atoms with Crippen molar-refractivity contribution >= 4 is 16.9 Å². The standard InChI is InChI=1S/C15H17N5O/c1-8-9(2)18-19-13(8)14-16-11-6-5-10(7-12(11)17-14)15(21)20(3)4/h5-7H,1-4H3,(H,16,17)(H,18,19). The molecule has 6 heteroatoms. The minimum absolute atomic E-state index is 0.0324. The van der Waals surface area contributed by atoms with Gasteiger partial charge in [-0.3, -0.25) is 9.89 Å². The van der Waals surface area contributed by atoms with E-state index < -0.39 is 0 Å². The van der Waals surface area contributed by atoms with Crippen LogP contribution in [0.25, 0.3) is 22.6 Å². The number of carbonyl (C=O) groups is 1. The topological polar surface area (TPSA) is 77.7 Å². The minimum Gasteiger partial charge on any atom is -0.345 e. The average molecular weight is 283 g/mol. The van der Waals surface area contributed by atoms with Gasteiger partial charge in [0.05, 0.1) is 16.7 Å². The number of imidazole rings is 1. The Morgan fingerprint density at radius 2 is 2.00 bits per heavy atom. The quantitative estimate of drug-likeness (QED) is 0.757. The zero-order valence-electron chi connectivity index (χ0n) is 12.5. The van der Waals surface area contributed by atoms with Crippen molar-refractivity contribution in [3.05, 3.63) is 35.0 Å². The molecule has 0 aliphatic carbocycles. The second-order valence-corrected chi connectivity index (χ2v) is 5.33. The van der Waals surface area contributed by atoms with Gasteiger partial charge in [-0.1, -0.05) is 0 Å². The second kappa shape index (κ2) is 4.73. The molecule has 0 unspecified atom stereocenters. The van der Waals surface area contributed by atoms with Crippen LogP contribution in [-0.2, 0) is 0 Å². The summed E-state index contributed by atoms with van der Waals surface area (Å²) in [6.45, 7) is 3.95. The first-order valence-electron chi connectivity index (χ1n) is 6.70.